The first-order valence-electron chi connectivity index (χ1n) is 12.6. The fourth-order valence-electron chi connectivity index (χ4n) is 4.94. The molecule has 0 unspecified atom stereocenters. The molecule has 2 aliphatic rings. The van der Waals surface area contributed by atoms with E-state index in [4.69, 9.17) is 4.74 Å². The van der Waals surface area contributed by atoms with Crippen molar-refractivity contribution in [3.05, 3.63) is 74.9 Å². The number of anilines is 1. The van der Waals surface area contributed by atoms with Crippen molar-refractivity contribution in [2.24, 2.45) is 0 Å². The Morgan fingerprint density at radius 3 is 2.69 bits per heavy atom. The lowest BCUT2D eigenvalue weighted by Crippen LogP contribution is -2.36. The van der Waals surface area contributed by atoms with Crippen LogP contribution in [-0.4, -0.2) is 70.8 Å². The second-order valence-corrected chi connectivity index (χ2v) is 12.8. The summed E-state index contributed by atoms with van der Waals surface area (Å²) in [6, 6.07) is 7.99. The van der Waals surface area contributed by atoms with Gasteiger partial charge in [-0.15, -0.1) is 11.3 Å². The van der Waals surface area contributed by atoms with Crippen LogP contribution in [0.3, 0.4) is 0 Å². The first-order chi connectivity index (χ1) is 18.8. The maximum Gasteiger partial charge on any atom is 0.300 e. The number of hydrogen-bond donors (Lipinski definition) is 1. The number of sulfonamides is 1. The quantitative estimate of drug-likeness (QED) is 0.376. The van der Waals surface area contributed by atoms with Crippen LogP contribution < -0.4 is 10.5 Å². The lowest BCUT2D eigenvalue weighted by atomic mass is 10.0. The molecule has 0 radical (unpaired) electrons. The van der Waals surface area contributed by atoms with Gasteiger partial charge in [0.25, 0.3) is 0 Å². The third-order valence-electron chi connectivity index (χ3n) is 7.00. The molecule has 0 aliphatic carbocycles. The highest BCUT2D eigenvalue weighted by molar-refractivity contribution is 7.89. The molecule has 0 spiro atoms. The number of nitrogens with zero attached hydrogens (tertiary/aromatic N) is 5. The number of aromatic nitrogens is 3. The van der Waals surface area contributed by atoms with Crippen molar-refractivity contribution >= 4 is 32.7 Å². The van der Waals surface area contributed by atoms with E-state index in [0.717, 1.165) is 16.1 Å². The molecule has 2 aliphatic heterocycles. The number of pyridine rings is 1. The minimum absolute atomic E-state index is 0.0952. The first kappa shape index (κ1) is 25.9. The van der Waals surface area contributed by atoms with E-state index in [-0.39, 0.29) is 18.0 Å². The van der Waals surface area contributed by atoms with Crippen LogP contribution in [0.1, 0.15) is 22.4 Å². The molecule has 204 valence electrons. The summed E-state index contributed by atoms with van der Waals surface area (Å²) in [4.78, 5) is 24.9. The van der Waals surface area contributed by atoms with Crippen LogP contribution in [0.25, 0.3) is 16.3 Å². The van der Waals surface area contributed by atoms with Gasteiger partial charge >= 0.3 is 5.56 Å². The SMILES string of the molecule is O=c1c(O)c(-c2ncc(Cc3ccc(F)cc3CN3CCCS3(=O)=O)s2)nc2ccc(N3CCOCC3)cn12. The second-order valence-electron chi connectivity index (χ2n) is 9.55. The average Bonchev–Trinajstić information content (AvgIpc) is 3.53. The van der Waals surface area contributed by atoms with Crippen LogP contribution in [0.15, 0.2) is 47.5 Å². The van der Waals surface area contributed by atoms with E-state index in [2.05, 4.69) is 14.9 Å². The number of halogens is 1. The van der Waals surface area contributed by atoms with Crippen LogP contribution in [0, 0.1) is 5.82 Å². The molecule has 2 saturated heterocycles. The molecular formula is C26H26FN5O5S2. The number of aromatic hydroxyl groups is 1. The van der Waals surface area contributed by atoms with E-state index in [9.17, 15) is 22.7 Å². The summed E-state index contributed by atoms with van der Waals surface area (Å²) < 4.78 is 46.8. The molecule has 5 heterocycles. The molecule has 4 aromatic rings. The highest BCUT2D eigenvalue weighted by Crippen LogP contribution is 2.31. The van der Waals surface area contributed by atoms with Gasteiger partial charge in [-0.3, -0.25) is 9.20 Å². The van der Waals surface area contributed by atoms with Crippen molar-refractivity contribution in [1.82, 2.24) is 18.7 Å². The van der Waals surface area contributed by atoms with Gasteiger partial charge in [-0.1, -0.05) is 6.07 Å². The zero-order chi connectivity index (χ0) is 27.1. The molecule has 0 amide bonds. The van der Waals surface area contributed by atoms with Gasteiger partial charge in [0.15, 0.2) is 0 Å². The molecule has 3 aromatic heterocycles. The standard InChI is InChI=1S/C26H26FN5O5S2/c27-19-3-2-17(18(12-19)15-31-6-1-11-39(31,35)36)13-21-14-28-25(38-21)23-24(33)26(34)32-16-20(4-5-22(32)29-23)30-7-9-37-10-8-30/h2-5,12,14,16,33H,1,6-11,13,15H2. The van der Waals surface area contributed by atoms with E-state index in [0.29, 0.717) is 61.9 Å². The summed E-state index contributed by atoms with van der Waals surface area (Å²) in [5.41, 5.74) is 2.10. The maximum atomic E-state index is 14.1. The van der Waals surface area contributed by atoms with Gasteiger partial charge in [-0.2, -0.15) is 4.31 Å². The Hall–Kier alpha value is -3.39. The van der Waals surface area contributed by atoms with E-state index in [1.807, 2.05) is 6.07 Å². The normalized spacial score (nSPS) is 17.7. The highest BCUT2D eigenvalue weighted by Gasteiger charge is 2.29. The van der Waals surface area contributed by atoms with E-state index in [1.54, 1.807) is 24.5 Å². The zero-order valence-corrected chi connectivity index (χ0v) is 22.5. The van der Waals surface area contributed by atoms with Crippen LogP contribution in [0.4, 0.5) is 10.1 Å². The number of rotatable bonds is 6. The lowest BCUT2D eigenvalue weighted by Gasteiger charge is -2.28. The van der Waals surface area contributed by atoms with Gasteiger partial charge in [0.1, 0.15) is 22.2 Å². The Bertz CT molecular complexity index is 1720. The smallest absolute Gasteiger partial charge is 0.300 e. The van der Waals surface area contributed by atoms with Gasteiger partial charge in [0.05, 0.1) is 24.7 Å². The number of ether oxygens (including phenoxy) is 1. The van der Waals surface area contributed by atoms with Crippen LogP contribution >= 0.6 is 11.3 Å². The number of fused-ring (bicyclic) bond motifs is 1. The highest BCUT2D eigenvalue weighted by atomic mass is 32.2. The molecule has 0 bridgehead atoms. The molecule has 0 saturated carbocycles. The van der Waals surface area contributed by atoms with Crippen molar-refractivity contribution in [3.8, 4) is 16.5 Å². The van der Waals surface area contributed by atoms with Gasteiger partial charge in [-0.25, -0.2) is 22.8 Å². The minimum Gasteiger partial charge on any atom is -0.501 e. The average molecular weight is 572 g/mol. The van der Waals surface area contributed by atoms with Gasteiger partial charge in [-0.05, 0) is 41.8 Å². The van der Waals surface area contributed by atoms with E-state index >= 15 is 0 Å². The Balaban J connectivity index is 1.28. The molecule has 13 heteroatoms. The van der Waals surface area contributed by atoms with Crippen molar-refractivity contribution in [1.29, 1.82) is 0 Å². The third-order valence-corrected chi connectivity index (χ3v) is 9.91. The molecule has 39 heavy (non-hydrogen) atoms. The van der Waals surface area contributed by atoms with E-state index < -0.39 is 27.1 Å². The summed E-state index contributed by atoms with van der Waals surface area (Å²) in [6.45, 7) is 3.17. The Labute approximate surface area is 228 Å². The minimum atomic E-state index is -3.33. The summed E-state index contributed by atoms with van der Waals surface area (Å²) in [6.07, 6.45) is 4.24. The van der Waals surface area contributed by atoms with Gasteiger partial charge in [0, 0.05) is 49.9 Å². The van der Waals surface area contributed by atoms with Crippen molar-refractivity contribution in [2.45, 2.75) is 19.4 Å². The van der Waals surface area contributed by atoms with E-state index in [1.165, 1.54) is 32.2 Å². The summed E-state index contributed by atoms with van der Waals surface area (Å²) in [5, 5.41) is 11.1. The van der Waals surface area contributed by atoms with Crippen LogP contribution in [-0.2, 0) is 27.7 Å². The fraction of sp³-hybridized carbons (Fsp3) is 0.346. The summed E-state index contributed by atoms with van der Waals surface area (Å²) >= 11 is 1.26. The molecule has 6 rings (SSSR count). The first-order valence-corrected chi connectivity index (χ1v) is 15.0. The third kappa shape index (κ3) is 5.14. The Morgan fingerprint density at radius 2 is 1.92 bits per heavy atom. The van der Waals surface area contributed by atoms with Gasteiger partial charge < -0.3 is 14.7 Å². The topological polar surface area (TPSA) is 117 Å². The number of benzene rings is 1. The zero-order valence-electron chi connectivity index (χ0n) is 20.9. The monoisotopic (exact) mass is 571 g/mol. The van der Waals surface area contributed by atoms with Gasteiger partial charge in [0.2, 0.25) is 15.8 Å². The van der Waals surface area contributed by atoms with Crippen LogP contribution in [0.2, 0.25) is 0 Å². The number of morpholine rings is 1. The Morgan fingerprint density at radius 1 is 1.10 bits per heavy atom. The largest absolute Gasteiger partial charge is 0.501 e. The van der Waals surface area contributed by atoms with Crippen LogP contribution in [0.5, 0.6) is 5.75 Å². The maximum absolute atomic E-state index is 14.1. The molecule has 10 nitrogen and oxygen atoms in total. The molecule has 2 fully saturated rings. The van der Waals surface area contributed by atoms with Crippen molar-refractivity contribution < 1.29 is 22.7 Å². The summed E-state index contributed by atoms with van der Waals surface area (Å²) in [7, 11) is -3.33. The predicted molar refractivity (Wildman–Crippen MR) is 145 cm³/mol. The number of hydrogen-bond acceptors (Lipinski definition) is 9. The summed E-state index contributed by atoms with van der Waals surface area (Å²) in [5.74, 6) is -0.820. The number of thiazole rings is 1. The molecule has 1 aromatic carbocycles. The lowest BCUT2D eigenvalue weighted by molar-refractivity contribution is 0.122. The molecule has 1 N–H and O–H groups in total. The molecular weight excluding hydrogens is 545 g/mol. The fourth-order valence-corrected chi connectivity index (χ4v) is 7.36. The van der Waals surface area contributed by atoms with Crippen molar-refractivity contribution in [3.63, 3.8) is 0 Å². The Kier molecular flexibility index (Phi) is 6.83. The predicted octanol–water partition coefficient (Wildman–Crippen LogP) is 2.63. The van der Waals surface area contributed by atoms with Crippen molar-refractivity contribution in [2.75, 3.05) is 43.5 Å². The second kappa shape index (κ2) is 10.3. The molecule has 0 atom stereocenters.